The molecule has 0 bridgehead atoms. The third kappa shape index (κ3) is 4.01. The van der Waals surface area contributed by atoms with Gasteiger partial charge in [-0.15, -0.1) is 0 Å². The molecule has 0 unspecified atom stereocenters. The van der Waals surface area contributed by atoms with E-state index in [1.54, 1.807) is 4.90 Å². The molecule has 0 aliphatic carbocycles. The molecule has 0 N–H and O–H groups in total. The van der Waals surface area contributed by atoms with Crippen molar-refractivity contribution < 1.29 is 17.6 Å². The lowest BCUT2D eigenvalue weighted by molar-refractivity contribution is 0.0692. The summed E-state index contributed by atoms with van der Waals surface area (Å²) in [5.74, 6) is -0.818. The van der Waals surface area contributed by atoms with E-state index in [1.807, 2.05) is 7.05 Å². The Hall–Kier alpha value is -1.26. The van der Waals surface area contributed by atoms with Gasteiger partial charge in [-0.1, -0.05) is 11.6 Å². The lowest BCUT2D eigenvalue weighted by Gasteiger charge is -2.39. The normalized spacial score (nSPS) is 21.1. The molecule has 1 aromatic carbocycles. The zero-order chi connectivity index (χ0) is 18.9. The first-order valence-electron chi connectivity index (χ1n) is 8.47. The summed E-state index contributed by atoms with van der Waals surface area (Å²) in [6.07, 6.45) is 0. The third-order valence-electron chi connectivity index (χ3n) is 4.80. The molecule has 2 fully saturated rings. The number of piperazine rings is 2. The Morgan fingerprint density at radius 1 is 1.00 bits per heavy atom. The molecule has 144 valence electrons. The summed E-state index contributed by atoms with van der Waals surface area (Å²) in [5, 5.41) is 0.0579. The topological polar surface area (TPSA) is 64.2 Å². The van der Waals surface area contributed by atoms with Crippen LogP contribution in [0.15, 0.2) is 18.2 Å². The lowest BCUT2D eigenvalue weighted by Crippen LogP contribution is -2.57. The molecule has 2 aliphatic rings. The van der Waals surface area contributed by atoms with Crippen LogP contribution in [-0.2, 0) is 10.2 Å². The molecule has 0 radical (unpaired) electrons. The number of hydrogen-bond donors (Lipinski definition) is 0. The standard InChI is InChI=1S/C16H22ClFN4O3S/c1-19-4-8-21(9-5-19)26(24,25)22-10-6-20(7-11-22)16(23)14-3-2-13(18)12-15(14)17/h2-3,12H,4-11H2,1H3. The summed E-state index contributed by atoms with van der Waals surface area (Å²) in [4.78, 5) is 16.2. The fourth-order valence-corrected chi connectivity index (χ4v) is 4.96. The number of halogens is 2. The van der Waals surface area contributed by atoms with Crippen molar-refractivity contribution in [2.24, 2.45) is 0 Å². The Morgan fingerprint density at radius 3 is 2.08 bits per heavy atom. The van der Waals surface area contributed by atoms with Crippen molar-refractivity contribution in [1.29, 1.82) is 0 Å². The van der Waals surface area contributed by atoms with Crippen molar-refractivity contribution in [3.63, 3.8) is 0 Å². The highest BCUT2D eigenvalue weighted by atomic mass is 35.5. The lowest BCUT2D eigenvalue weighted by atomic mass is 10.2. The van der Waals surface area contributed by atoms with E-state index in [1.165, 1.54) is 20.7 Å². The van der Waals surface area contributed by atoms with Gasteiger partial charge >= 0.3 is 0 Å². The maximum Gasteiger partial charge on any atom is 0.282 e. The van der Waals surface area contributed by atoms with Gasteiger partial charge in [0.2, 0.25) is 0 Å². The molecule has 2 saturated heterocycles. The van der Waals surface area contributed by atoms with Crippen LogP contribution < -0.4 is 0 Å². The van der Waals surface area contributed by atoms with Crippen LogP contribution in [-0.4, -0.2) is 92.1 Å². The molecule has 2 heterocycles. The minimum absolute atomic E-state index is 0.0579. The molecule has 26 heavy (non-hydrogen) atoms. The largest absolute Gasteiger partial charge is 0.336 e. The SMILES string of the molecule is CN1CCN(S(=O)(=O)N2CCN(C(=O)c3ccc(F)cc3Cl)CC2)CC1. The number of hydrogen-bond acceptors (Lipinski definition) is 4. The van der Waals surface area contributed by atoms with Crippen molar-refractivity contribution in [3.05, 3.63) is 34.6 Å². The van der Waals surface area contributed by atoms with E-state index in [9.17, 15) is 17.6 Å². The highest BCUT2D eigenvalue weighted by molar-refractivity contribution is 7.86. The first-order valence-corrected chi connectivity index (χ1v) is 10.2. The predicted molar refractivity (Wildman–Crippen MR) is 96.9 cm³/mol. The van der Waals surface area contributed by atoms with Gasteiger partial charge in [-0.25, -0.2) is 4.39 Å². The minimum atomic E-state index is -3.51. The van der Waals surface area contributed by atoms with E-state index in [-0.39, 0.29) is 42.7 Å². The van der Waals surface area contributed by atoms with Crippen molar-refractivity contribution >= 4 is 27.7 Å². The zero-order valence-electron chi connectivity index (χ0n) is 14.6. The van der Waals surface area contributed by atoms with Gasteiger partial charge in [0.1, 0.15) is 5.82 Å². The first-order chi connectivity index (χ1) is 12.3. The maximum absolute atomic E-state index is 13.1. The predicted octanol–water partition coefficient (Wildman–Crippen LogP) is 0.729. The quantitative estimate of drug-likeness (QED) is 0.745. The molecular weight excluding hydrogens is 383 g/mol. The monoisotopic (exact) mass is 404 g/mol. The van der Waals surface area contributed by atoms with E-state index in [0.29, 0.717) is 26.2 Å². The second kappa shape index (κ2) is 7.77. The molecular formula is C16H22ClFN4O3S. The maximum atomic E-state index is 13.1. The Balaban J connectivity index is 1.62. The molecule has 2 aliphatic heterocycles. The number of nitrogens with zero attached hydrogens (tertiary/aromatic N) is 4. The van der Waals surface area contributed by atoms with Crippen LogP contribution in [0.2, 0.25) is 5.02 Å². The van der Waals surface area contributed by atoms with Gasteiger partial charge in [0, 0.05) is 52.4 Å². The molecule has 1 aromatic rings. The molecule has 1 amide bonds. The number of benzene rings is 1. The van der Waals surface area contributed by atoms with Gasteiger partial charge in [0.25, 0.3) is 16.1 Å². The first kappa shape index (κ1) is 19.5. The highest BCUT2D eigenvalue weighted by Gasteiger charge is 2.35. The van der Waals surface area contributed by atoms with Crippen molar-refractivity contribution in [1.82, 2.24) is 18.4 Å². The fraction of sp³-hybridized carbons (Fsp3) is 0.562. The summed E-state index contributed by atoms with van der Waals surface area (Å²) in [5.41, 5.74) is 0.225. The van der Waals surface area contributed by atoms with Gasteiger partial charge in [-0.2, -0.15) is 17.0 Å². The van der Waals surface area contributed by atoms with Crippen LogP contribution in [0.25, 0.3) is 0 Å². The van der Waals surface area contributed by atoms with E-state index >= 15 is 0 Å². The summed E-state index contributed by atoms with van der Waals surface area (Å²) in [6, 6.07) is 3.64. The van der Waals surface area contributed by atoms with E-state index in [4.69, 9.17) is 11.6 Å². The van der Waals surface area contributed by atoms with Crippen LogP contribution in [0.3, 0.4) is 0 Å². The second-order valence-corrected chi connectivity index (χ2v) is 8.86. The van der Waals surface area contributed by atoms with E-state index in [2.05, 4.69) is 4.90 Å². The average Bonchev–Trinajstić information content (AvgIpc) is 2.62. The molecule has 0 saturated carbocycles. The van der Waals surface area contributed by atoms with Gasteiger partial charge in [0.05, 0.1) is 10.6 Å². The van der Waals surface area contributed by atoms with Crippen molar-refractivity contribution in [2.45, 2.75) is 0 Å². The Bertz CT molecular complexity index is 776. The third-order valence-corrected chi connectivity index (χ3v) is 7.15. The van der Waals surface area contributed by atoms with Crippen molar-refractivity contribution in [3.8, 4) is 0 Å². The molecule has 0 atom stereocenters. The zero-order valence-corrected chi connectivity index (χ0v) is 16.1. The Kier molecular flexibility index (Phi) is 5.83. The van der Waals surface area contributed by atoms with Crippen molar-refractivity contribution in [2.75, 3.05) is 59.4 Å². The Morgan fingerprint density at radius 2 is 1.54 bits per heavy atom. The van der Waals surface area contributed by atoms with Crippen LogP contribution in [0.1, 0.15) is 10.4 Å². The Labute approximate surface area is 158 Å². The highest BCUT2D eigenvalue weighted by Crippen LogP contribution is 2.21. The average molecular weight is 405 g/mol. The van der Waals surface area contributed by atoms with Gasteiger partial charge in [-0.3, -0.25) is 4.79 Å². The molecule has 0 spiro atoms. The summed E-state index contributed by atoms with van der Waals surface area (Å²) < 4.78 is 41.6. The fourth-order valence-electron chi connectivity index (χ4n) is 3.14. The van der Waals surface area contributed by atoms with Gasteiger partial charge in [-0.05, 0) is 25.2 Å². The summed E-state index contributed by atoms with van der Waals surface area (Å²) in [6.45, 7) is 3.39. The molecule has 7 nitrogen and oxygen atoms in total. The number of carbonyl (C=O) groups is 1. The van der Waals surface area contributed by atoms with Crippen LogP contribution >= 0.6 is 11.6 Å². The summed E-state index contributed by atoms with van der Waals surface area (Å²) >= 11 is 5.95. The molecule has 0 aromatic heterocycles. The molecule has 10 heteroatoms. The van der Waals surface area contributed by atoms with Gasteiger partial charge < -0.3 is 9.80 Å². The van der Waals surface area contributed by atoms with Crippen LogP contribution in [0, 0.1) is 5.82 Å². The number of amides is 1. The van der Waals surface area contributed by atoms with E-state index < -0.39 is 16.0 Å². The van der Waals surface area contributed by atoms with E-state index in [0.717, 1.165) is 6.07 Å². The number of carbonyl (C=O) groups excluding carboxylic acids is 1. The van der Waals surface area contributed by atoms with Crippen LogP contribution in [0.4, 0.5) is 4.39 Å². The minimum Gasteiger partial charge on any atom is -0.336 e. The molecule has 3 rings (SSSR count). The number of likely N-dealkylation sites (N-methyl/N-ethyl adjacent to an activating group) is 1. The smallest absolute Gasteiger partial charge is 0.282 e. The number of rotatable bonds is 3. The van der Waals surface area contributed by atoms with Gasteiger partial charge in [0.15, 0.2) is 0 Å². The summed E-state index contributed by atoms with van der Waals surface area (Å²) in [7, 11) is -1.54. The van der Waals surface area contributed by atoms with Crippen LogP contribution in [0.5, 0.6) is 0 Å². The second-order valence-electron chi connectivity index (χ2n) is 6.53.